The quantitative estimate of drug-likeness (QED) is 0.745. The lowest BCUT2D eigenvalue weighted by Crippen LogP contribution is -2.29. The molecule has 3 heteroatoms. The fraction of sp³-hybridized carbons (Fsp3) is 0.667. The van der Waals surface area contributed by atoms with Gasteiger partial charge in [-0.05, 0) is 12.8 Å². The van der Waals surface area contributed by atoms with Crippen LogP contribution in [0.2, 0.25) is 0 Å². The van der Waals surface area contributed by atoms with Crippen LogP contribution >= 0.6 is 0 Å². The molecule has 0 bridgehead atoms. The van der Waals surface area contributed by atoms with Crippen LogP contribution in [0, 0.1) is 5.92 Å². The van der Waals surface area contributed by atoms with Crippen molar-refractivity contribution in [1.29, 1.82) is 0 Å². The molecule has 0 spiro atoms. The molecule has 0 saturated carbocycles. The number of nitrogens with one attached hydrogen (secondary N) is 1. The zero-order chi connectivity index (χ0) is 8.97. The minimum absolute atomic E-state index is 0.509. The Bertz CT molecular complexity index is 206. The van der Waals surface area contributed by atoms with Crippen LogP contribution < -0.4 is 5.32 Å². The van der Waals surface area contributed by atoms with Gasteiger partial charge in [0.25, 0.3) is 0 Å². The molecule has 0 radical (unpaired) electrons. The molecule has 3 nitrogen and oxygen atoms in total. The van der Waals surface area contributed by atoms with E-state index in [9.17, 15) is 0 Å². The maximum Gasteiger partial charge on any atom is 0.150 e. The van der Waals surface area contributed by atoms with Crippen LogP contribution in [0.5, 0.6) is 0 Å². The summed E-state index contributed by atoms with van der Waals surface area (Å²) in [6.45, 7) is 7.32. The molecule has 12 heavy (non-hydrogen) atoms. The highest BCUT2D eigenvalue weighted by molar-refractivity contribution is 4.92. The van der Waals surface area contributed by atoms with Gasteiger partial charge in [-0.3, -0.25) is 0 Å². The molecule has 0 aliphatic rings. The van der Waals surface area contributed by atoms with E-state index in [-0.39, 0.29) is 0 Å². The van der Waals surface area contributed by atoms with Crippen molar-refractivity contribution in [1.82, 2.24) is 10.5 Å². The number of nitrogens with zero attached hydrogens (tertiary/aromatic N) is 1. The molecule has 1 aromatic rings. The van der Waals surface area contributed by atoms with Gasteiger partial charge in [-0.1, -0.05) is 19.0 Å². The molecule has 1 unspecified atom stereocenters. The highest BCUT2D eigenvalue weighted by Crippen LogP contribution is 2.02. The van der Waals surface area contributed by atoms with Crippen molar-refractivity contribution >= 4 is 0 Å². The summed E-state index contributed by atoms with van der Waals surface area (Å²) < 4.78 is 4.95. The first-order valence-electron chi connectivity index (χ1n) is 4.33. The molecule has 1 aromatic heterocycles. The summed E-state index contributed by atoms with van der Waals surface area (Å²) in [5.41, 5.74) is 0. The Morgan fingerprint density at radius 3 is 2.75 bits per heavy atom. The van der Waals surface area contributed by atoms with E-state index < -0.39 is 0 Å². The zero-order valence-corrected chi connectivity index (χ0v) is 7.87. The van der Waals surface area contributed by atoms with E-state index in [0.717, 1.165) is 12.3 Å². The van der Waals surface area contributed by atoms with E-state index in [0.29, 0.717) is 12.0 Å². The summed E-state index contributed by atoms with van der Waals surface area (Å²) in [4.78, 5) is 0. The number of aromatic nitrogens is 1. The lowest BCUT2D eigenvalue weighted by molar-refractivity contribution is 0.348. The second-order valence-corrected chi connectivity index (χ2v) is 3.39. The molecule has 0 saturated heterocycles. The van der Waals surface area contributed by atoms with Crippen molar-refractivity contribution < 1.29 is 4.52 Å². The Kier molecular flexibility index (Phi) is 3.29. The lowest BCUT2D eigenvalue weighted by atomic mass is 10.1. The Morgan fingerprint density at radius 2 is 2.25 bits per heavy atom. The number of rotatable bonds is 4. The van der Waals surface area contributed by atoms with Gasteiger partial charge in [0, 0.05) is 12.1 Å². The smallest absolute Gasteiger partial charge is 0.150 e. The van der Waals surface area contributed by atoms with Crippen molar-refractivity contribution in [2.24, 2.45) is 5.92 Å². The summed E-state index contributed by atoms with van der Waals surface area (Å²) >= 11 is 0. The molecule has 0 aliphatic heterocycles. The third-order valence-electron chi connectivity index (χ3n) is 2.09. The highest BCUT2D eigenvalue weighted by atomic mass is 16.5. The van der Waals surface area contributed by atoms with Crippen LogP contribution in [-0.4, -0.2) is 11.2 Å². The molecule has 1 N–H and O–H groups in total. The third-order valence-corrected chi connectivity index (χ3v) is 2.09. The Balaban J connectivity index is 2.27. The second kappa shape index (κ2) is 4.26. The van der Waals surface area contributed by atoms with Crippen LogP contribution in [-0.2, 0) is 6.54 Å². The molecule has 68 valence electrons. The molecule has 0 aliphatic carbocycles. The van der Waals surface area contributed by atoms with Crippen molar-refractivity contribution in [3.63, 3.8) is 0 Å². The predicted molar refractivity (Wildman–Crippen MR) is 47.6 cm³/mol. The topological polar surface area (TPSA) is 38.1 Å². The standard InChI is InChI=1S/C9H16N2O/c1-7(2)8(3)10-6-9-4-5-11-12-9/h4-5,7-8,10H,6H2,1-3H3. The minimum atomic E-state index is 0.509. The van der Waals surface area contributed by atoms with Crippen LogP contribution in [0.3, 0.4) is 0 Å². The summed E-state index contributed by atoms with van der Waals surface area (Å²) in [7, 11) is 0. The summed E-state index contributed by atoms with van der Waals surface area (Å²) in [5.74, 6) is 1.54. The largest absolute Gasteiger partial charge is 0.360 e. The molecular formula is C9H16N2O. The van der Waals surface area contributed by atoms with Gasteiger partial charge >= 0.3 is 0 Å². The Morgan fingerprint density at radius 1 is 1.50 bits per heavy atom. The van der Waals surface area contributed by atoms with E-state index in [4.69, 9.17) is 4.52 Å². The van der Waals surface area contributed by atoms with E-state index in [1.807, 2.05) is 6.07 Å². The first-order valence-corrected chi connectivity index (χ1v) is 4.33. The molecule has 1 rings (SSSR count). The van der Waals surface area contributed by atoms with Gasteiger partial charge in [-0.15, -0.1) is 0 Å². The van der Waals surface area contributed by atoms with Gasteiger partial charge in [-0.25, -0.2) is 0 Å². The van der Waals surface area contributed by atoms with Crippen LogP contribution in [0.25, 0.3) is 0 Å². The molecule has 0 fully saturated rings. The van der Waals surface area contributed by atoms with Crippen molar-refractivity contribution in [2.75, 3.05) is 0 Å². The fourth-order valence-electron chi connectivity index (χ4n) is 0.831. The van der Waals surface area contributed by atoms with Crippen LogP contribution in [0.15, 0.2) is 16.8 Å². The number of hydrogen-bond acceptors (Lipinski definition) is 3. The normalized spacial score (nSPS) is 13.7. The summed E-state index contributed by atoms with van der Waals surface area (Å²) in [6.07, 6.45) is 1.66. The van der Waals surface area contributed by atoms with E-state index in [1.54, 1.807) is 6.20 Å². The van der Waals surface area contributed by atoms with Gasteiger partial charge < -0.3 is 9.84 Å². The maximum absolute atomic E-state index is 4.95. The third kappa shape index (κ3) is 2.66. The van der Waals surface area contributed by atoms with Crippen molar-refractivity contribution in [3.05, 3.63) is 18.0 Å². The average Bonchev–Trinajstić information content (AvgIpc) is 2.51. The number of hydrogen-bond donors (Lipinski definition) is 1. The van der Waals surface area contributed by atoms with E-state index >= 15 is 0 Å². The van der Waals surface area contributed by atoms with Gasteiger partial charge in [0.15, 0.2) is 0 Å². The van der Waals surface area contributed by atoms with Gasteiger partial charge in [0.2, 0.25) is 0 Å². The Labute approximate surface area is 73.1 Å². The molecule has 1 heterocycles. The van der Waals surface area contributed by atoms with Gasteiger partial charge in [0.1, 0.15) is 5.76 Å². The first kappa shape index (κ1) is 9.26. The summed E-state index contributed by atoms with van der Waals surface area (Å²) in [5, 5.41) is 6.98. The molecule has 0 aromatic carbocycles. The average molecular weight is 168 g/mol. The SMILES string of the molecule is CC(C)C(C)NCc1ccno1. The molecular weight excluding hydrogens is 152 g/mol. The van der Waals surface area contributed by atoms with Crippen LogP contribution in [0.1, 0.15) is 26.5 Å². The maximum atomic E-state index is 4.95. The van der Waals surface area contributed by atoms with E-state index in [2.05, 4.69) is 31.2 Å². The molecule has 1 atom stereocenters. The predicted octanol–water partition coefficient (Wildman–Crippen LogP) is 1.81. The van der Waals surface area contributed by atoms with Crippen molar-refractivity contribution in [2.45, 2.75) is 33.4 Å². The van der Waals surface area contributed by atoms with Crippen LogP contribution in [0.4, 0.5) is 0 Å². The fourth-order valence-corrected chi connectivity index (χ4v) is 0.831. The highest BCUT2D eigenvalue weighted by Gasteiger charge is 2.06. The zero-order valence-electron chi connectivity index (χ0n) is 7.87. The van der Waals surface area contributed by atoms with Crippen molar-refractivity contribution in [3.8, 4) is 0 Å². The van der Waals surface area contributed by atoms with E-state index in [1.165, 1.54) is 0 Å². The minimum Gasteiger partial charge on any atom is -0.360 e. The second-order valence-electron chi connectivity index (χ2n) is 3.39. The monoisotopic (exact) mass is 168 g/mol. The first-order chi connectivity index (χ1) is 5.70. The Hall–Kier alpha value is -0.830. The summed E-state index contributed by atoms with van der Waals surface area (Å²) in [6, 6.07) is 2.38. The molecule has 0 amide bonds. The van der Waals surface area contributed by atoms with Gasteiger partial charge in [0.05, 0.1) is 12.7 Å². The van der Waals surface area contributed by atoms with Gasteiger partial charge in [-0.2, -0.15) is 0 Å². The lowest BCUT2D eigenvalue weighted by Gasteiger charge is -2.15.